The Bertz CT molecular complexity index is 936. The van der Waals surface area contributed by atoms with E-state index in [2.05, 4.69) is 26.0 Å². The third-order valence-electron chi connectivity index (χ3n) is 10.1. The van der Waals surface area contributed by atoms with E-state index in [0.717, 1.165) is 32.1 Å². The molecule has 0 amide bonds. The highest BCUT2D eigenvalue weighted by Crippen LogP contribution is 2.38. The van der Waals surface area contributed by atoms with Gasteiger partial charge in [-0.05, 0) is 51.0 Å². The van der Waals surface area contributed by atoms with Gasteiger partial charge in [-0.2, -0.15) is 0 Å². The van der Waals surface area contributed by atoms with Crippen LogP contribution in [0.25, 0.3) is 0 Å². The van der Waals surface area contributed by atoms with E-state index in [1.54, 1.807) is 6.26 Å². The number of quaternary nitrogens is 1. The second-order valence-electron chi connectivity index (χ2n) is 16.8. The Hall–Kier alpha value is -1.18. The van der Waals surface area contributed by atoms with Gasteiger partial charge in [-0.3, -0.25) is 9.36 Å². The second kappa shape index (κ2) is 39.6. The van der Waals surface area contributed by atoms with Gasteiger partial charge in [0.05, 0.1) is 34.0 Å². The maximum atomic E-state index is 12.7. The number of unbranched alkanes of at least 4 members (excludes halogenated alkanes) is 27. The fraction of sp³-hybridized carbons (Fsp3) is 0.891. The summed E-state index contributed by atoms with van der Waals surface area (Å²) in [5.74, 6) is -0.358. The minimum absolute atomic E-state index is 0.0174. The predicted molar refractivity (Wildman–Crippen MR) is 231 cm³/mol. The summed E-state index contributed by atoms with van der Waals surface area (Å²) in [5, 5.41) is 0. The van der Waals surface area contributed by atoms with Gasteiger partial charge in [-0.25, -0.2) is 0 Å². The molecule has 0 radical (unpaired) electrons. The number of carbonyl (C=O) groups excluding carboxylic acids is 1. The Balaban J connectivity index is 4.25. The van der Waals surface area contributed by atoms with Crippen molar-refractivity contribution >= 4 is 13.8 Å². The molecule has 8 nitrogen and oxygen atoms in total. The maximum absolute atomic E-state index is 12.7. The van der Waals surface area contributed by atoms with E-state index >= 15 is 0 Å². The average Bonchev–Trinajstić information content (AvgIpc) is 3.13. The Labute approximate surface area is 341 Å². The maximum Gasteiger partial charge on any atom is 0.306 e. The number of hydrogen-bond donors (Lipinski definition) is 0. The van der Waals surface area contributed by atoms with Crippen LogP contribution in [-0.4, -0.2) is 64.1 Å². The number of likely N-dealkylation sites (N-methyl/N-ethyl adjacent to an activating group) is 1. The Morgan fingerprint density at radius 1 is 0.564 bits per heavy atom. The summed E-state index contributed by atoms with van der Waals surface area (Å²) in [4.78, 5) is 25.0. The van der Waals surface area contributed by atoms with Crippen LogP contribution >= 0.6 is 7.82 Å². The fourth-order valence-electron chi connectivity index (χ4n) is 6.45. The van der Waals surface area contributed by atoms with Gasteiger partial charge in [0.15, 0.2) is 6.10 Å². The highest BCUT2D eigenvalue weighted by atomic mass is 31.2. The smallest absolute Gasteiger partial charge is 0.306 e. The number of hydrogen-bond acceptors (Lipinski definition) is 7. The van der Waals surface area contributed by atoms with E-state index in [9.17, 15) is 14.3 Å². The van der Waals surface area contributed by atoms with Crippen LogP contribution in [-0.2, 0) is 27.9 Å². The highest BCUT2D eigenvalue weighted by molar-refractivity contribution is 7.45. The molecule has 2 atom stereocenters. The molecule has 0 aromatic carbocycles. The molecule has 0 saturated heterocycles. The van der Waals surface area contributed by atoms with Crippen molar-refractivity contribution in [3.8, 4) is 0 Å². The molecule has 0 saturated carbocycles. The lowest BCUT2D eigenvalue weighted by Crippen LogP contribution is -2.37. The standard InChI is InChI=1S/C46H90NO7P/c1-6-8-10-12-14-16-18-20-22-24-25-27-29-31-33-35-37-39-46(48)54-45(44-53-55(49,50)52-42-40-47(3,4)5)43-51-41-38-36-34-32-30-28-26-23-21-19-17-15-13-11-9-7-2/h20,22,38,41,45H,6-19,21,23-37,39-40,42-44H2,1-5H3/b22-20+,41-38+/t45-/m1/s1. The van der Waals surface area contributed by atoms with Crippen LogP contribution in [0.5, 0.6) is 0 Å². The van der Waals surface area contributed by atoms with Crippen LogP contribution < -0.4 is 4.89 Å². The number of esters is 1. The summed E-state index contributed by atoms with van der Waals surface area (Å²) in [7, 11) is 1.33. The zero-order chi connectivity index (χ0) is 40.6. The van der Waals surface area contributed by atoms with Crippen molar-refractivity contribution in [2.24, 2.45) is 0 Å². The van der Waals surface area contributed by atoms with Gasteiger partial charge in [0.2, 0.25) is 0 Å². The van der Waals surface area contributed by atoms with Crippen molar-refractivity contribution in [3.05, 3.63) is 24.5 Å². The molecule has 9 heteroatoms. The minimum Gasteiger partial charge on any atom is -0.756 e. The zero-order valence-corrected chi connectivity index (χ0v) is 37.8. The van der Waals surface area contributed by atoms with Crippen molar-refractivity contribution < 1.29 is 37.3 Å². The SMILES string of the molecule is CCCCCCCC/C=C/CCCCCCCCCC(=O)O[C@H](CO/C=C/CCCCCCCCCCCCCCCC)COP(=O)([O-])OCC[N+](C)(C)C. The molecular formula is C46H90NO7P. The van der Waals surface area contributed by atoms with Crippen LogP contribution in [0.1, 0.15) is 213 Å². The van der Waals surface area contributed by atoms with Gasteiger partial charge in [0.25, 0.3) is 7.82 Å². The average molecular weight is 800 g/mol. The van der Waals surface area contributed by atoms with Gasteiger partial charge < -0.3 is 27.9 Å². The Morgan fingerprint density at radius 2 is 0.964 bits per heavy atom. The number of nitrogens with zero attached hydrogens (tertiary/aromatic N) is 1. The lowest BCUT2D eigenvalue weighted by Gasteiger charge is -2.28. The number of phosphoric ester groups is 1. The molecular weight excluding hydrogens is 709 g/mol. The van der Waals surface area contributed by atoms with E-state index < -0.39 is 13.9 Å². The number of allylic oxidation sites excluding steroid dienone is 3. The first kappa shape index (κ1) is 53.8. The minimum atomic E-state index is -4.54. The molecule has 0 aromatic rings. The van der Waals surface area contributed by atoms with Gasteiger partial charge in [-0.15, -0.1) is 0 Å². The van der Waals surface area contributed by atoms with Crippen LogP contribution in [0.3, 0.4) is 0 Å². The number of carbonyl (C=O) groups is 1. The topological polar surface area (TPSA) is 94.1 Å². The van der Waals surface area contributed by atoms with E-state index in [0.29, 0.717) is 17.4 Å². The van der Waals surface area contributed by atoms with Gasteiger partial charge in [0, 0.05) is 6.42 Å². The second-order valence-corrected chi connectivity index (χ2v) is 18.2. The molecule has 0 spiro atoms. The predicted octanol–water partition coefficient (Wildman–Crippen LogP) is 13.3. The van der Waals surface area contributed by atoms with Crippen molar-refractivity contribution in [1.29, 1.82) is 0 Å². The van der Waals surface area contributed by atoms with Crippen LogP contribution in [0.4, 0.5) is 0 Å². The van der Waals surface area contributed by atoms with Crippen molar-refractivity contribution in [1.82, 2.24) is 0 Å². The first-order valence-corrected chi connectivity index (χ1v) is 24.6. The Kier molecular flexibility index (Phi) is 38.8. The molecule has 1 unspecified atom stereocenters. The summed E-state index contributed by atoms with van der Waals surface area (Å²) in [6, 6.07) is 0. The third kappa shape index (κ3) is 43.8. The van der Waals surface area contributed by atoms with Crippen molar-refractivity contribution in [2.45, 2.75) is 219 Å². The summed E-state index contributed by atoms with van der Waals surface area (Å²) >= 11 is 0. The van der Waals surface area contributed by atoms with E-state index in [-0.39, 0.29) is 25.8 Å². The molecule has 0 bridgehead atoms. The zero-order valence-electron chi connectivity index (χ0n) is 36.9. The number of rotatable bonds is 43. The molecule has 55 heavy (non-hydrogen) atoms. The summed E-state index contributed by atoms with van der Waals surface area (Å²) in [6.45, 7) is 4.75. The van der Waals surface area contributed by atoms with Crippen LogP contribution in [0.2, 0.25) is 0 Å². The van der Waals surface area contributed by atoms with E-state index in [1.165, 1.54) is 161 Å². The van der Waals surface area contributed by atoms with E-state index in [4.69, 9.17) is 18.5 Å². The van der Waals surface area contributed by atoms with Crippen molar-refractivity contribution in [3.63, 3.8) is 0 Å². The highest BCUT2D eigenvalue weighted by Gasteiger charge is 2.20. The molecule has 0 N–H and O–H groups in total. The molecule has 0 aliphatic rings. The molecule has 0 aliphatic carbocycles. The monoisotopic (exact) mass is 800 g/mol. The lowest BCUT2D eigenvalue weighted by atomic mass is 10.0. The molecule has 0 fully saturated rings. The fourth-order valence-corrected chi connectivity index (χ4v) is 7.18. The lowest BCUT2D eigenvalue weighted by molar-refractivity contribution is -0.870. The first-order chi connectivity index (χ1) is 26.6. The normalized spacial score (nSPS) is 13.9. The quantitative estimate of drug-likeness (QED) is 0.0151. The molecule has 0 rings (SSSR count). The number of phosphoric acid groups is 1. The van der Waals surface area contributed by atoms with Crippen LogP contribution in [0.15, 0.2) is 24.5 Å². The molecule has 326 valence electrons. The van der Waals surface area contributed by atoms with Gasteiger partial charge in [-0.1, -0.05) is 174 Å². The Morgan fingerprint density at radius 3 is 1.40 bits per heavy atom. The van der Waals surface area contributed by atoms with Gasteiger partial charge in [0.1, 0.15) is 19.8 Å². The van der Waals surface area contributed by atoms with Gasteiger partial charge >= 0.3 is 5.97 Å². The summed E-state index contributed by atoms with van der Waals surface area (Å²) in [5.41, 5.74) is 0. The van der Waals surface area contributed by atoms with E-state index in [1.807, 2.05) is 27.2 Å². The molecule has 0 heterocycles. The molecule has 0 aromatic heterocycles. The summed E-state index contributed by atoms with van der Waals surface area (Å²) < 4.78 is 34.4. The third-order valence-corrected chi connectivity index (χ3v) is 11.0. The largest absolute Gasteiger partial charge is 0.756 e. The summed E-state index contributed by atoms with van der Waals surface area (Å²) in [6.07, 6.45) is 45.7. The van der Waals surface area contributed by atoms with Crippen LogP contribution in [0, 0.1) is 0 Å². The molecule has 0 aliphatic heterocycles. The first-order valence-electron chi connectivity index (χ1n) is 23.1. The number of ether oxygens (including phenoxy) is 2. The van der Waals surface area contributed by atoms with Crippen molar-refractivity contribution in [2.75, 3.05) is 47.5 Å².